The molecule has 6 nitrogen and oxygen atoms in total. The van der Waals surface area contributed by atoms with E-state index in [1.54, 1.807) is 36.4 Å². The van der Waals surface area contributed by atoms with Gasteiger partial charge in [-0.2, -0.15) is 0 Å². The Morgan fingerprint density at radius 1 is 0.970 bits per heavy atom. The summed E-state index contributed by atoms with van der Waals surface area (Å²) in [5.41, 5.74) is 2.66. The Morgan fingerprint density at radius 2 is 1.67 bits per heavy atom. The molecule has 33 heavy (non-hydrogen) atoms. The fourth-order valence-electron chi connectivity index (χ4n) is 3.05. The summed E-state index contributed by atoms with van der Waals surface area (Å²) in [6, 6.07) is 21.5. The van der Waals surface area contributed by atoms with Crippen LogP contribution < -0.4 is 10.2 Å². The fourth-order valence-corrected chi connectivity index (χ4v) is 3.05. The minimum absolute atomic E-state index is 0. The molecule has 2 aromatic carbocycles. The number of hydrogen-bond acceptors (Lipinski definition) is 6. The van der Waals surface area contributed by atoms with Crippen molar-refractivity contribution in [3.63, 3.8) is 0 Å². The number of carboxylic acid groups (broad SMARTS) is 1. The zero-order valence-corrected chi connectivity index (χ0v) is 19.1. The molecule has 1 aromatic heterocycles. The van der Waals surface area contributed by atoms with E-state index >= 15 is 0 Å². The van der Waals surface area contributed by atoms with Gasteiger partial charge in [0.1, 0.15) is 0 Å². The molecular formula is C26H23N3NiO3. The first-order valence-corrected chi connectivity index (χ1v) is 10.4. The van der Waals surface area contributed by atoms with Gasteiger partial charge in [-0.05, 0) is 36.6 Å². The summed E-state index contributed by atoms with van der Waals surface area (Å²) < 4.78 is 0. The van der Waals surface area contributed by atoms with Crippen molar-refractivity contribution < 1.29 is 31.5 Å². The van der Waals surface area contributed by atoms with E-state index in [0.29, 0.717) is 23.4 Å². The van der Waals surface area contributed by atoms with Crippen molar-refractivity contribution in [2.24, 2.45) is 9.98 Å². The molecule has 170 valence electrons. The van der Waals surface area contributed by atoms with Crippen molar-refractivity contribution >= 4 is 23.3 Å². The Morgan fingerprint density at radius 3 is 2.33 bits per heavy atom. The zero-order chi connectivity index (χ0) is 22.8. The summed E-state index contributed by atoms with van der Waals surface area (Å²) in [4.78, 5) is 24.4. The average molecular weight is 484 g/mol. The van der Waals surface area contributed by atoms with Crippen LogP contribution in [0, 0.1) is 0 Å². The van der Waals surface area contributed by atoms with Crippen molar-refractivity contribution in [1.82, 2.24) is 4.98 Å². The molecule has 0 saturated carbocycles. The van der Waals surface area contributed by atoms with Gasteiger partial charge < -0.3 is 15.0 Å². The van der Waals surface area contributed by atoms with Crippen LogP contribution in [0.2, 0.25) is 0 Å². The number of carboxylic acids is 1. The second kappa shape index (κ2) is 13.1. The molecule has 0 spiro atoms. The maximum Gasteiger partial charge on any atom is 2.00 e. The van der Waals surface area contributed by atoms with Crippen molar-refractivity contribution in [2.45, 2.75) is 26.2 Å². The quantitative estimate of drug-likeness (QED) is 0.202. The molecule has 0 amide bonds. The second-order valence-corrected chi connectivity index (χ2v) is 7.04. The summed E-state index contributed by atoms with van der Waals surface area (Å²) in [5, 5.41) is 24.2. The van der Waals surface area contributed by atoms with Crippen LogP contribution in [0.4, 0.5) is 5.69 Å². The maximum absolute atomic E-state index is 12.6. The zero-order valence-electron chi connectivity index (χ0n) is 18.1. The van der Waals surface area contributed by atoms with Crippen molar-refractivity contribution in [2.75, 3.05) is 0 Å². The number of aliphatic imine (C=N–C) groups is 2. The molecule has 0 aliphatic rings. The van der Waals surface area contributed by atoms with Crippen LogP contribution in [0.5, 0.6) is 0 Å². The minimum Gasteiger partial charge on any atom is -0.857 e. The molecule has 1 heterocycles. The number of aromatic nitrogens is 1. The van der Waals surface area contributed by atoms with Crippen LogP contribution in [0.25, 0.3) is 0 Å². The standard InChI is InChI=1S/C26H25N3O3.Ni/c1-2-3-11-20(26(31)32)18-28-24(19-12-5-4-6-13-19)21-14-7-8-15-22(21)29-25(30)23-16-9-10-17-27-23;/h4-10,12-18H,2-3,11H2,1H3,(H,29,30)(H,31,32);/q;+2/p-2/b20-18-,28-24?;. The second-order valence-electron chi connectivity index (χ2n) is 7.04. The Balaban J connectivity index is 0.00000385. The van der Waals surface area contributed by atoms with Gasteiger partial charge in [0.25, 0.3) is 0 Å². The van der Waals surface area contributed by atoms with Gasteiger partial charge in [-0.25, -0.2) is 0 Å². The van der Waals surface area contributed by atoms with Crippen molar-refractivity contribution in [3.05, 3.63) is 108 Å². The first-order chi connectivity index (χ1) is 15.6. The normalized spacial score (nSPS) is 12.2. The van der Waals surface area contributed by atoms with Gasteiger partial charge in [-0.15, -0.1) is 0 Å². The number of benzene rings is 2. The topological polar surface area (TPSA) is 101 Å². The third-order valence-corrected chi connectivity index (χ3v) is 4.72. The first-order valence-electron chi connectivity index (χ1n) is 10.4. The Hall–Kier alpha value is -3.57. The molecule has 0 aliphatic heterocycles. The molecule has 0 radical (unpaired) electrons. The van der Waals surface area contributed by atoms with Gasteiger partial charge in [0, 0.05) is 29.4 Å². The molecule has 3 rings (SSSR count). The van der Waals surface area contributed by atoms with Crippen LogP contribution in [0.3, 0.4) is 0 Å². The molecule has 0 bridgehead atoms. The fraction of sp³-hybridized carbons (Fsp3) is 0.154. The Labute approximate surface area is 203 Å². The molecule has 0 aliphatic carbocycles. The van der Waals surface area contributed by atoms with E-state index in [-0.39, 0.29) is 27.8 Å². The van der Waals surface area contributed by atoms with E-state index in [1.807, 2.05) is 43.3 Å². The maximum atomic E-state index is 12.6. The number of nitrogens with zero attached hydrogens (tertiary/aromatic N) is 3. The third kappa shape index (κ3) is 7.23. The van der Waals surface area contributed by atoms with Gasteiger partial charge in [0.05, 0.1) is 23.1 Å². The summed E-state index contributed by atoms with van der Waals surface area (Å²) >= 11 is 0. The van der Waals surface area contributed by atoms with Gasteiger partial charge >= 0.3 is 16.5 Å². The number of carbonyl (C=O) groups excluding carboxylic acids is 1. The number of unbranched alkanes of at least 4 members (excludes halogenated alkanes) is 1. The molecular weight excluding hydrogens is 461 g/mol. The molecule has 0 atom stereocenters. The van der Waals surface area contributed by atoms with Gasteiger partial charge in [-0.3, -0.25) is 15.0 Å². The van der Waals surface area contributed by atoms with E-state index in [1.165, 1.54) is 12.4 Å². The molecule has 0 N–H and O–H groups in total. The summed E-state index contributed by atoms with van der Waals surface area (Å²) in [5.74, 6) is -1.71. The molecule has 3 aromatic rings. The summed E-state index contributed by atoms with van der Waals surface area (Å²) in [6.45, 7) is 1.99. The Kier molecular flexibility index (Phi) is 10.2. The number of aliphatic carboxylic acids is 1. The van der Waals surface area contributed by atoms with Crippen LogP contribution >= 0.6 is 0 Å². The largest absolute Gasteiger partial charge is 2.00 e. The smallest absolute Gasteiger partial charge is 0.857 e. The number of pyridine rings is 1. The van der Waals surface area contributed by atoms with E-state index in [0.717, 1.165) is 18.4 Å². The van der Waals surface area contributed by atoms with E-state index < -0.39 is 11.9 Å². The molecule has 0 unspecified atom stereocenters. The first kappa shape index (κ1) is 25.7. The van der Waals surface area contributed by atoms with Crippen molar-refractivity contribution in [1.29, 1.82) is 0 Å². The molecule has 0 saturated heterocycles. The predicted molar refractivity (Wildman–Crippen MR) is 122 cm³/mol. The number of carbonyl (C=O) groups is 1. The summed E-state index contributed by atoms with van der Waals surface area (Å²) in [6.07, 6.45) is 4.82. The van der Waals surface area contributed by atoms with Crippen LogP contribution in [0.15, 0.2) is 101 Å². The Bertz CT molecular complexity index is 1140. The summed E-state index contributed by atoms with van der Waals surface area (Å²) in [7, 11) is 0. The monoisotopic (exact) mass is 483 g/mol. The minimum atomic E-state index is -1.24. The van der Waals surface area contributed by atoms with Crippen LogP contribution in [0.1, 0.15) is 43.0 Å². The number of rotatable bonds is 9. The van der Waals surface area contributed by atoms with Crippen LogP contribution in [-0.4, -0.2) is 22.6 Å². The SMILES string of the molecule is CCCC/C(=C/N=C(c1ccccc1)c1ccccc1N=C([O-])c1ccccn1)C(=O)[O-].[Ni+2]. The predicted octanol–water partition coefficient (Wildman–Crippen LogP) is 3.18. The molecule has 0 fully saturated rings. The average Bonchev–Trinajstić information content (AvgIpc) is 2.83. The number of para-hydroxylation sites is 1. The molecule has 7 heteroatoms. The van der Waals surface area contributed by atoms with Gasteiger partial charge in [-0.1, -0.05) is 67.9 Å². The van der Waals surface area contributed by atoms with Gasteiger partial charge in [0.2, 0.25) is 0 Å². The van der Waals surface area contributed by atoms with Crippen molar-refractivity contribution in [3.8, 4) is 0 Å². The van der Waals surface area contributed by atoms with Gasteiger partial charge in [0.15, 0.2) is 0 Å². The third-order valence-electron chi connectivity index (χ3n) is 4.72. The van der Waals surface area contributed by atoms with E-state index in [4.69, 9.17) is 0 Å². The van der Waals surface area contributed by atoms with E-state index in [9.17, 15) is 15.0 Å². The number of hydrogen-bond donors (Lipinski definition) is 0. The van der Waals surface area contributed by atoms with Crippen LogP contribution in [-0.2, 0) is 21.3 Å². The van der Waals surface area contributed by atoms with E-state index in [2.05, 4.69) is 15.0 Å².